The monoisotopic (exact) mass is 254 g/mol. The molecule has 3 rings (SSSR count). The summed E-state index contributed by atoms with van der Waals surface area (Å²) in [7, 11) is 0. The number of H-pyrrole nitrogens is 1. The van der Waals surface area contributed by atoms with Crippen LogP contribution in [0.15, 0.2) is 15.7 Å². The van der Waals surface area contributed by atoms with Gasteiger partial charge in [-0.3, -0.25) is 14.3 Å². The molecule has 1 spiro atoms. The van der Waals surface area contributed by atoms with Gasteiger partial charge in [0.1, 0.15) is 6.10 Å². The first-order valence-electron chi connectivity index (χ1n) is 5.88. The van der Waals surface area contributed by atoms with Crippen molar-refractivity contribution in [1.29, 1.82) is 0 Å². The smallest absolute Gasteiger partial charge is 0.330 e. The first kappa shape index (κ1) is 11.6. The average Bonchev–Trinajstić information content (AvgIpc) is 2.80. The fraction of sp³-hybridized carbons (Fsp3) is 0.636. The second kappa shape index (κ2) is 3.78. The fourth-order valence-corrected chi connectivity index (χ4v) is 2.94. The number of aromatic amines is 1. The summed E-state index contributed by atoms with van der Waals surface area (Å²) in [6, 6.07) is 1.37. The van der Waals surface area contributed by atoms with E-state index in [2.05, 4.69) is 4.98 Å². The lowest BCUT2D eigenvalue weighted by Crippen LogP contribution is -2.42. The Labute approximate surface area is 102 Å². The molecular weight excluding hydrogens is 240 g/mol. The maximum Gasteiger partial charge on any atom is 0.330 e. The number of fused-ring (bicyclic) bond motifs is 2. The lowest BCUT2D eigenvalue weighted by atomic mass is 10.0. The molecule has 7 nitrogen and oxygen atoms in total. The van der Waals surface area contributed by atoms with Crippen molar-refractivity contribution in [3.8, 4) is 0 Å². The van der Waals surface area contributed by atoms with Crippen LogP contribution in [0.25, 0.3) is 0 Å². The molecule has 0 saturated carbocycles. The van der Waals surface area contributed by atoms with Crippen molar-refractivity contribution >= 4 is 0 Å². The maximum atomic E-state index is 11.9. The molecule has 1 aromatic rings. The summed E-state index contributed by atoms with van der Waals surface area (Å²) >= 11 is 0. The van der Waals surface area contributed by atoms with E-state index in [9.17, 15) is 14.7 Å². The van der Waals surface area contributed by atoms with Gasteiger partial charge in [-0.1, -0.05) is 0 Å². The lowest BCUT2D eigenvalue weighted by molar-refractivity contribution is -0.114. The average molecular weight is 254 g/mol. The highest BCUT2D eigenvalue weighted by atomic mass is 16.6. The topological polar surface area (TPSA) is 105 Å². The number of aryl methyl sites for hydroxylation is 1. The van der Waals surface area contributed by atoms with E-state index in [1.54, 1.807) is 0 Å². The minimum absolute atomic E-state index is 0.247. The van der Waals surface area contributed by atoms with Gasteiger partial charge in [0.15, 0.2) is 5.72 Å². The Bertz CT molecular complexity index is 592. The molecule has 0 bridgehead atoms. The molecule has 0 radical (unpaired) electrons. The van der Waals surface area contributed by atoms with Crippen LogP contribution < -0.4 is 11.2 Å². The first-order valence-corrected chi connectivity index (χ1v) is 5.88. The Hall–Kier alpha value is -1.44. The van der Waals surface area contributed by atoms with Gasteiger partial charge in [-0.15, -0.1) is 0 Å². The van der Waals surface area contributed by atoms with Crippen LogP contribution in [0.2, 0.25) is 0 Å². The van der Waals surface area contributed by atoms with Gasteiger partial charge < -0.3 is 14.9 Å². The van der Waals surface area contributed by atoms with Crippen molar-refractivity contribution in [3.05, 3.63) is 32.6 Å². The summed E-state index contributed by atoms with van der Waals surface area (Å²) < 4.78 is 7.06. The SMILES string of the molecule is O=c1cc2n(c(=O)[nH]1)[C@@]1(CC2)C[C@H](O)[C@@H](CO)O1. The third-order valence-corrected chi connectivity index (χ3v) is 3.71. The van der Waals surface area contributed by atoms with Crippen LogP contribution in [0.3, 0.4) is 0 Å². The first-order chi connectivity index (χ1) is 8.55. The van der Waals surface area contributed by atoms with Crippen molar-refractivity contribution in [3.63, 3.8) is 0 Å². The maximum absolute atomic E-state index is 11.9. The molecule has 3 atom stereocenters. The van der Waals surface area contributed by atoms with Crippen LogP contribution in [0.5, 0.6) is 0 Å². The summed E-state index contributed by atoms with van der Waals surface area (Å²) in [6.07, 6.45) is -0.177. The minimum Gasteiger partial charge on any atom is -0.394 e. The highest BCUT2D eigenvalue weighted by Gasteiger charge is 2.50. The third-order valence-electron chi connectivity index (χ3n) is 3.71. The molecule has 98 valence electrons. The molecular formula is C11H14N2O5. The van der Waals surface area contributed by atoms with Crippen molar-refractivity contribution in [2.45, 2.75) is 37.2 Å². The number of hydrogen-bond donors (Lipinski definition) is 3. The number of nitrogens with zero attached hydrogens (tertiary/aromatic N) is 1. The molecule has 2 aliphatic rings. The molecule has 3 N–H and O–H groups in total. The lowest BCUT2D eigenvalue weighted by Gasteiger charge is -2.26. The number of aliphatic hydroxyl groups excluding tert-OH is 2. The zero-order valence-electron chi connectivity index (χ0n) is 9.63. The molecule has 3 heterocycles. The van der Waals surface area contributed by atoms with Gasteiger partial charge in [0.25, 0.3) is 5.56 Å². The molecule has 2 aliphatic heterocycles. The summed E-state index contributed by atoms with van der Waals surface area (Å²) in [5, 5.41) is 18.9. The number of ether oxygens (including phenoxy) is 1. The van der Waals surface area contributed by atoms with Crippen molar-refractivity contribution in [1.82, 2.24) is 9.55 Å². The summed E-state index contributed by atoms with van der Waals surface area (Å²) in [5.41, 5.74) is -1.28. The van der Waals surface area contributed by atoms with E-state index in [0.29, 0.717) is 18.5 Å². The number of rotatable bonds is 1. The van der Waals surface area contributed by atoms with Crippen LogP contribution in [-0.4, -0.2) is 38.6 Å². The molecule has 0 aliphatic carbocycles. The van der Waals surface area contributed by atoms with Crippen LogP contribution in [-0.2, 0) is 16.9 Å². The second-order valence-corrected chi connectivity index (χ2v) is 4.82. The molecule has 1 aromatic heterocycles. The van der Waals surface area contributed by atoms with E-state index < -0.39 is 29.2 Å². The van der Waals surface area contributed by atoms with Gasteiger partial charge in [-0.2, -0.15) is 0 Å². The van der Waals surface area contributed by atoms with Crippen LogP contribution in [0, 0.1) is 0 Å². The molecule has 18 heavy (non-hydrogen) atoms. The minimum atomic E-state index is -0.927. The van der Waals surface area contributed by atoms with E-state index in [1.165, 1.54) is 10.6 Å². The van der Waals surface area contributed by atoms with Gasteiger partial charge in [0.2, 0.25) is 0 Å². The third kappa shape index (κ3) is 1.48. The highest BCUT2D eigenvalue weighted by Crippen LogP contribution is 2.42. The Balaban J connectivity index is 2.11. The van der Waals surface area contributed by atoms with E-state index in [-0.39, 0.29) is 13.0 Å². The van der Waals surface area contributed by atoms with E-state index >= 15 is 0 Å². The zero-order chi connectivity index (χ0) is 12.9. The zero-order valence-corrected chi connectivity index (χ0v) is 9.63. The molecule has 1 saturated heterocycles. The highest BCUT2D eigenvalue weighted by molar-refractivity contribution is 5.12. The van der Waals surface area contributed by atoms with Crippen molar-refractivity contribution in [2.75, 3.05) is 6.61 Å². The van der Waals surface area contributed by atoms with Crippen molar-refractivity contribution < 1.29 is 14.9 Å². The van der Waals surface area contributed by atoms with Crippen LogP contribution >= 0.6 is 0 Å². The standard InChI is InChI=1S/C11H14N2O5/c14-5-8-7(15)4-11(18-8)2-1-6-3-9(16)12-10(17)13(6)11/h3,7-8,14-15H,1-2,4-5H2,(H,12,16,17)/t7-,8+,11+/m0/s1. The molecule has 0 amide bonds. The summed E-state index contributed by atoms with van der Waals surface area (Å²) in [6.45, 7) is -0.295. The number of hydrogen-bond acceptors (Lipinski definition) is 5. The molecule has 0 aromatic carbocycles. The normalized spacial score (nSPS) is 34.1. The Kier molecular flexibility index (Phi) is 2.44. The largest absolute Gasteiger partial charge is 0.394 e. The van der Waals surface area contributed by atoms with Gasteiger partial charge in [-0.05, 0) is 6.42 Å². The molecule has 7 heteroatoms. The van der Waals surface area contributed by atoms with Crippen molar-refractivity contribution in [2.24, 2.45) is 0 Å². The predicted octanol–water partition coefficient (Wildman–Crippen LogP) is -1.72. The van der Waals surface area contributed by atoms with Gasteiger partial charge >= 0.3 is 5.69 Å². The predicted molar refractivity (Wildman–Crippen MR) is 60.2 cm³/mol. The quantitative estimate of drug-likeness (QED) is 0.553. The van der Waals surface area contributed by atoms with E-state index in [4.69, 9.17) is 9.84 Å². The van der Waals surface area contributed by atoms with Gasteiger partial charge in [0.05, 0.1) is 12.7 Å². The molecule has 0 unspecified atom stereocenters. The van der Waals surface area contributed by atoms with Gasteiger partial charge in [0, 0.05) is 24.6 Å². The summed E-state index contributed by atoms with van der Waals surface area (Å²) in [4.78, 5) is 25.3. The Morgan fingerprint density at radius 2 is 2.33 bits per heavy atom. The number of aromatic nitrogens is 2. The molecule has 1 fully saturated rings. The number of aliphatic hydroxyl groups is 2. The summed E-state index contributed by atoms with van der Waals surface area (Å²) in [5.74, 6) is 0. The Morgan fingerprint density at radius 1 is 1.56 bits per heavy atom. The van der Waals surface area contributed by atoms with Crippen LogP contribution in [0.4, 0.5) is 0 Å². The van der Waals surface area contributed by atoms with E-state index in [1.807, 2.05) is 0 Å². The van der Waals surface area contributed by atoms with E-state index in [0.717, 1.165) is 0 Å². The number of nitrogens with one attached hydrogen (secondary N) is 1. The fourth-order valence-electron chi connectivity index (χ4n) is 2.94. The second-order valence-electron chi connectivity index (χ2n) is 4.82. The van der Waals surface area contributed by atoms with Gasteiger partial charge in [-0.25, -0.2) is 4.79 Å². The van der Waals surface area contributed by atoms with Crippen LogP contribution in [0.1, 0.15) is 18.5 Å². The Morgan fingerprint density at radius 3 is 3.00 bits per heavy atom.